The summed E-state index contributed by atoms with van der Waals surface area (Å²) in [5.41, 5.74) is 5.20. The number of thioether (sulfide) groups is 1. The Hall–Kier alpha value is -1.76. The Morgan fingerprint density at radius 3 is 3.13 bits per heavy atom. The lowest BCUT2D eigenvalue weighted by Crippen LogP contribution is -2.09. The zero-order valence-corrected chi connectivity index (χ0v) is 8.57. The number of rotatable bonds is 3. The molecule has 0 aliphatic rings. The van der Waals surface area contributed by atoms with Crippen LogP contribution < -0.4 is 11.3 Å². The molecule has 0 bridgehead atoms. The van der Waals surface area contributed by atoms with Crippen molar-refractivity contribution in [1.29, 1.82) is 0 Å². The summed E-state index contributed by atoms with van der Waals surface area (Å²) in [6, 6.07) is 3.08. The van der Waals surface area contributed by atoms with Gasteiger partial charge in [-0.1, -0.05) is 11.8 Å². The SMILES string of the molecule is Nc1cc(=O)[nH]c(SCn2cccn2)n1. The van der Waals surface area contributed by atoms with E-state index in [9.17, 15) is 4.79 Å². The lowest BCUT2D eigenvalue weighted by Gasteiger charge is -2.01. The van der Waals surface area contributed by atoms with E-state index < -0.39 is 0 Å². The van der Waals surface area contributed by atoms with Crippen LogP contribution in [0.1, 0.15) is 0 Å². The maximum absolute atomic E-state index is 11.1. The highest BCUT2D eigenvalue weighted by Gasteiger charge is 1.99. The van der Waals surface area contributed by atoms with Crippen LogP contribution >= 0.6 is 11.8 Å². The van der Waals surface area contributed by atoms with Crippen molar-refractivity contribution in [2.75, 3.05) is 5.73 Å². The first-order chi connectivity index (χ1) is 7.24. The first-order valence-electron chi connectivity index (χ1n) is 4.21. The van der Waals surface area contributed by atoms with Gasteiger partial charge in [-0.25, -0.2) is 4.98 Å². The van der Waals surface area contributed by atoms with Crippen LogP contribution in [0.25, 0.3) is 0 Å². The van der Waals surface area contributed by atoms with E-state index in [1.165, 1.54) is 17.8 Å². The third-order valence-corrected chi connectivity index (χ3v) is 2.49. The lowest BCUT2D eigenvalue weighted by atomic mass is 10.6. The highest BCUT2D eigenvalue weighted by Crippen LogP contribution is 2.13. The maximum Gasteiger partial charge on any atom is 0.253 e. The summed E-state index contributed by atoms with van der Waals surface area (Å²) in [4.78, 5) is 17.6. The van der Waals surface area contributed by atoms with Gasteiger partial charge in [0.05, 0.1) is 5.88 Å². The van der Waals surface area contributed by atoms with E-state index in [1.54, 1.807) is 10.9 Å². The fourth-order valence-electron chi connectivity index (χ4n) is 1.03. The molecule has 6 nitrogen and oxygen atoms in total. The molecule has 0 unspecified atom stereocenters. The fraction of sp³-hybridized carbons (Fsp3) is 0.125. The van der Waals surface area contributed by atoms with Crippen LogP contribution in [-0.4, -0.2) is 19.7 Å². The molecule has 0 spiro atoms. The topological polar surface area (TPSA) is 89.6 Å². The number of hydrogen-bond donors (Lipinski definition) is 2. The molecule has 7 heteroatoms. The van der Waals surface area contributed by atoms with Gasteiger partial charge >= 0.3 is 0 Å². The third kappa shape index (κ3) is 2.59. The van der Waals surface area contributed by atoms with E-state index in [-0.39, 0.29) is 11.4 Å². The van der Waals surface area contributed by atoms with Crippen molar-refractivity contribution in [1.82, 2.24) is 19.7 Å². The second-order valence-electron chi connectivity index (χ2n) is 2.79. The average molecular weight is 223 g/mol. The van der Waals surface area contributed by atoms with Crippen molar-refractivity contribution >= 4 is 17.6 Å². The van der Waals surface area contributed by atoms with E-state index in [0.29, 0.717) is 11.0 Å². The number of hydrogen-bond acceptors (Lipinski definition) is 5. The van der Waals surface area contributed by atoms with Crippen LogP contribution in [0.4, 0.5) is 5.82 Å². The number of H-pyrrole nitrogens is 1. The first kappa shape index (κ1) is 9.78. The van der Waals surface area contributed by atoms with Gasteiger partial charge < -0.3 is 10.7 Å². The van der Waals surface area contributed by atoms with E-state index in [2.05, 4.69) is 15.1 Å². The van der Waals surface area contributed by atoms with Gasteiger partial charge in [-0.3, -0.25) is 9.48 Å². The van der Waals surface area contributed by atoms with Gasteiger partial charge in [-0.15, -0.1) is 0 Å². The monoisotopic (exact) mass is 223 g/mol. The van der Waals surface area contributed by atoms with Crippen molar-refractivity contribution in [3.8, 4) is 0 Å². The smallest absolute Gasteiger partial charge is 0.253 e. The van der Waals surface area contributed by atoms with E-state index in [0.717, 1.165) is 0 Å². The second-order valence-corrected chi connectivity index (χ2v) is 3.73. The summed E-state index contributed by atoms with van der Waals surface area (Å²) in [6.07, 6.45) is 3.52. The Labute approximate surface area is 89.5 Å². The average Bonchev–Trinajstić information content (AvgIpc) is 2.65. The van der Waals surface area contributed by atoms with E-state index >= 15 is 0 Å². The summed E-state index contributed by atoms with van der Waals surface area (Å²) in [5.74, 6) is 0.807. The zero-order valence-electron chi connectivity index (χ0n) is 7.75. The van der Waals surface area contributed by atoms with Gasteiger partial charge in [0.25, 0.3) is 5.56 Å². The number of nitrogens with zero attached hydrogens (tertiary/aromatic N) is 3. The van der Waals surface area contributed by atoms with Gasteiger partial charge in [0.2, 0.25) is 0 Å². The first-order valence-corrected chi connectivity index (χ1v) is 5.20. The summed E-state index contributed by atoms with van der Waals surface area (Å²) in [6.45, 7) is 0. The normalized spacial score (nSPS) is 10.4. The molecule has 15 heavy (non-hydrogen) atoms. The van der Waals surface area contributed by atoms with Crippen molar-refractivity contribution in [3.63, 3.8) is 0 Å². The van der Waals surface area contributed by atoms with Crippen LogP contribution in [0, 0.1) is 0 Å². The fourth-order valence-corrected chi connectivity index (χ4v) is 1.78. The van der Waals surface area contributed by atoms with Crippen LogP contribution in [0.2, 0.25) is 0 Å². The van der Waals surface area contributed by atoms with Crippen molar-refractivity contribution in [2.45, 2.75) is 11.0 Å². The number of aromatic amines is 1. The molecule has 0 aliphatic carbocycles. The molecular formula is C8H9N5OS. The standard InChI is InChI=1S/C8H9N5OS/c9-6-4-7(14)12-8(11-6)15-5-13-3-1-2-10-13/h1-4H,5H2,(H3,9,11,12,14). The number of aromatic nitrogens is 4. The Balaban J connectivity index is 2.08. The number of anilines is 1. The van der Waals surface area contributed by atoms with Crippen LogP contribution in [0.5, 0.6) is 0 Å². The van der Waals surface area contributed by atoms with Crippen molar-refractivity contribution in [2.24, 2.45) is 0 Å². The van der Waals surface area contributed by atoms with Gasteiger partial charge in [0, 0.05) is 18.5 Å². The van der Waals surface area contributed by atoms with Gasteiger partial charge in [0.15, 0.2) is 5.16 Å². The van der Waals surface area contributed by atoms with Gasteiger partial charge in [0.1, 0.15) is 5.82 Å². The minimum Gasteiger partial charge on any atom is -0.383 e. The molecule has 0 amide bonds. The summed E-state index contributed by atoms with van der Waals surface area (Å²) in [7, 11) is 0. The summed E-state index contributed by atoms with van der Waals surface area (Å²) in [5, 5.41) is 4.52. The maximum atomic E-state index is 11.1. The minimum absolute atomic E-state index is 0.224. The zero-order chi connectivity index (χ0) is 10.7. The highest BCUT2D eigenvalue weighted by molar-refractivity contribution is 7.98. The predicted octanol–water partition coefficient (Wildman–Crippen LogP) is 0.298. The lowest BCUT2D eigenvalue weighted by molar-refractivity contribution is 0.747. The molecule has 0 fully saturated rings. The molecule has 0 saturated carbocycles. The molecule has 2 aromatic rings. The number of nitrogens with one attached hydrogen (secondary N) is 1. The Bertz CT molecular complexity index is 492. The minimum atomic E-state index is -0.245. The molecular weight excluding hydrogens is 214 g/mol. The molecule has 2 rings (SSSR count). The molecule has 0 saturated heterocycles. The molecule has 0 aromatic carbocycles. The van der Waals surface area contributed by atoms with Crippen LogP contribution in [0.15, 0.2) is 34.5 Å². The Morgan fingerprint density at radius 1 is 1.60 bits per heavy atom. The van der Waals surface area contributed by atoms with Crippen molar-refractivity contribution < 1.29 is 0 Å². The molecule has 2 aromatic heterocycles. The van der Waals surface area contributed by atoms with Gasteiger partial charge in [-0.2, -0.15) is 5.10 Å². The molecule has 0 atom stereocenters. The predicted molar refractivity (Wildman–Crippen MR) is 57.4 cm³/mol. The second kappa shape index (κ2) is 4.18. The third-order valence-electron chi connectivity index (χ3n) is 1.63. The molecule has 0 radical (unpaired) electrons. The van der Waals surface area contributed by atoms with E-state index in [1.807, 2.05) is 12.3 Å². The summed E-state index contributed by atoms with van der Waals surface area (Å²) >= 11 is 1.36. The highest BCUT2D eigenvalue weighted by atomic mass is 32.2. The molecule has 3 N–H and O–H groups in total. The Morgan fingerprint density at radius 2 is 2.47 bits per heavy atom. The summed E-state index contributed by atoms with van der Waals surface area (Å²) < 4.78 is 1.73. The number of nitrogens with two attached hydrogens (primary N) is 1. The quantitative estimate of drug-likeness (QED) is 0.577. The molecule has 78 valence electrons. The van der Waals surface area contributed by atoms with Gasteiger partial charge in [-0.05, 0) is 6.07 Å². The molecule has 2 heterocycles. The largest absolute Gasteiger partial charge is 0.383 e. The van der Waals surface area contributed by atoms with E-state index in [4.69, 9.17) is 5.73 Å². The van der Waals surface area contributed by atoms with Crippen molar-refractivity contribution in [3.05, 3.63) is 34.9 Å². The Kier molecular flexibility index (Phi) is 2.72. The number of nitrogen functional groups attached to an aromatic ring is 1. The van der Waals surface area contributed by atoms with Crippen LogP contribution in [0.3, 0.4) is 0 Å². The molecule has 0 aliphatic heterocycles. The van der Waals surface area contributed by atoms with Crippen LogP contribution in [-0.2, 0) is 5.88 Å².